The second-order valence-corrected chi connectivity index (χ2v) is 4.09. The van der Waals surface area contributed by atoms with Crippen LogP contribution in [0.3, 0.4) is 0 Å². The Labute approximate surface area is 129 Å². The van der Waals surface area contributed by atoms with Gasteiger partial charge in [-0.1, -0.05) is 0 Å². The highest BCUT2D eigenvalue weighted by Gasteiger charge is 2.24. The molecule has 0 spiro atoms. The van der Waals surface area contributed by atoms with E-state index in [2.05, 4.69) is 4.99 Å². The van der Waals surface area contributed by atoms with Gasteiger partial charge in [0.15, 0.2) is 11.7 Å². The summed E-state index contributed by atoms with van der Waals surface area (Å²) in [6.45, 7) is 5.32. The van der Waals surface area contributed by atoms with Crippen molar-refractivity contribution in [3.63, 3.8) is 0 Å². The van der Waals surface area contributed by atoms with E-state index >= 15 is 0 Å². The van der Waals surface area contributed by atoms with E-state index in [1.54, 1.807) is 17.0 Å². The maximum Gasteiger partial charge on any atom is 0.289 e. The Balaban J connectivity index is 0.00000180. The summed E-state index contributed by atoms with van der Waals surface area (Å²) < 4.78 is 5.11. The number of carbonyl (C=O) groups excluding carboxylic acids is 1. The van der Waals surface area contributed by atoms with Crippen LogP contribution in [0.5, 0.6) is 0 Å². The Morgan fingerprint density at radius 3 is 2.53 bits per heavy atom. The lowest BCUT2D eigenvalue weighted by Gasteiger charge is -2.34. The number of guanidine groups is 1. The summed E-state index contributed by atoms with van der Waals surface area (Å²) in [5.41, 5.74) is 5.83. The van der Waals surface area contributed by atoms with Gasteiger partial charge in [-0.2, -0.15) is 0 Å². The van der Waals surface area contributed by atoms with Gasteiger partial charge in [0.25, 0.3) is 5.91 Å². The Morgan fingerprint density at radius 1 is 1.37 bits per heavy atom. The van der Waals surface area contributed by atoms with Gasteiger partial charge in [0.05, 0.1) is 6.26 Å². The van der Waals surface area contributed by atoms with Gasteiger partial charge in [-0.25, -0.2) is 0 Å². The minimum atomic E-state index is -0.0642. The molecule has 0 aliphatic carbocycles. The maximum absolute atomic E-state index is 12.0. The van der Waals surface area contributed by atoms with Crippen LogP contribution in [0.1, 0.15) is 17.5 Å². The highest BCUT2D eigenvalue weighted by molar-refractivity contribution is 14.0. The first-order valence-corrected chi connectivity index (χ1v) is 6.10. The molecule has 19 heavy (non-hydrogen) atoms. The normalized spacial score (nSPS) is 16.2. The van der Waals surface area contributed by atoms with Crippen LogP contribution >= 0.6 is 24.0 Å². The van der Waals surface area contributed by atoms with Gasteiger partial charge in [0.2, 0.25) is 0 Å². The minimum absolute atomic E-state index is 0. The van der Waals surface area contributed by atoms with Gasteiger partial charge < -0.3 is 20.0 Å². The van der Waals surface area contributed by atoms with Crippen molar-refractivity contribution in [3.8, 4) is 0 Å². The van der Waals surface area contributed by atoms with Crippen molar-refractivity contribution in [2.45, 2.75) is 6.92 Å². The Morgan fingerprint density at radius 2 is 2.00 bits per heavy atom. The second-order valence-electron chi connectivity index (χ2n) is 4.09. The Bertz CT molecular complexity index is 425. The number of rotatable bonds is 2. The average molecular weight is 378 g/mol. The molecule has 1 aliphatic heterocycles. The molecule has 0 atom stereocenters. The van der Waals surface area contributed by atoms with Gasteiger partial charge in [0, 0.05) is 32.7 Å². The summed E-state index contributed by atoms with van der Waals surface area (Å²) >= 11 is 0. The number of amides is 1. The highest BCUT2D eigenvalue weighted by atomic mass is 127. The number of piperazine rings is 1. The molecule has 0 radical (unpaired) electrons. The summed E-state index contributed by atoms with van der Waals surface area (Å²) in [5.74, 6) is 0.881. The molecule has 2 N–H and O–H groups in total. The van der Waals surface area contributed by atoms with Gasteiger partial charge in [0.1, 0.15) is 0 Å². The monoisotopic (exact) mass is 378 g/mol. The van der Waals surface area contributed by atoms with Gasteiger partial charge in [-0.05, 0) is 19.1 Å². The fourth-order valence-corrected chi connectivity index (χ4v) is 1.96. The number of hydrogen-bond donors (Lipinski definition) is 1. The van der Waals surface area contributed by atoms with Crippen LogP contribution < -0.4 is 5.73 Å². The zero-order valence-electron chi connectivity index (χ0n) is 10.9. The fraction of sp³-hybridized carbons (Fsp3) is 0.500. The maximum atomic E-state index is 12.0. The van der Waals surface area contributed by atoms with E-state index in [0.717, 1.165) is 0 Å². The quantitative estimate of drug-likeness (QED) is 0.473. The van der Waals surface area contributed by atoms with Gasteiger partial charge in [-0.15, -0.1) is 24.0 Å². The largest absolute Gasteiger partial charge is 0.459 e. The first kappa shape index (κ1) is 15.8. The van der Waals surface area contributed by atoms with Crippen LogP contribution in [0.2, 0.25) is 0 Å². The van der Waals surface area contributed by atoms with Gasteiger partial charge in [-0.3, -0.25) is 9.79 Å². The molecule has 1 aromatic rings. The van der Waals surface area contributed by atoms with Crippen molar-refractivity contribution in [2.24, 2.45) is 10.7 Å². The lowest BCUT2D eigenvalue weighted by Crippen LogP contribution is -2.52. The number of aliphatic imine (C=N–C) groups is 1. The second kappa shape index (κ2) is 7.37. The molecule has 1 saturated heterocycles. The van der Waals surface area contributed by atoms with E-state index in [1.165, 1.54) is 6.26 Å². The van der Waals surface area contributed by atoms with E-state index in [-0.39, 0.29) is 29.9 Å². The molecule has 2 rings (SSSR count). The molecule has 0 aromatic carbocycles. The lowest BCUT2D eigenvalue weighted by atomic mass is 10.3. The van der Waals surface area contributed by atoms with Crippen molar-refractivity contribution in [1.29, 1.82) is 0 Å². The molecule has 1 fully saturated rings. The van der Waals surface area contributed by atoms with Crippen LogP contribution in [-0.2, 0) is 0 Å². The SMILES string of the molecule is CCN=C(N)N1CCN(C(=O)c2ccco2)CC1.I. The molecule has 1 aromatic heterocycles. The van der Waals surface area contributed by atoms with Crippen LogP contribution in [0, 0.1) is 0 Å². The van der Waals surface area contributed by atoms with E-state index in [9.17, 15) is 4.79 Å². The minimum Gasteiger partial charge on any atom is -0.459 e. The van der Waals surface area contributed by atoms with E-state index in [1.807, 2.05) is 11.8 Å². The summed E-state index contributed by atoms with van der Waals surface area (Å²) in [6, 6.07) is 3.40. The molecular formula is C12H19IN4O2. The molecule has 2 heterocycles. The standard InChI is InChI=1S/C12H18N4O2.HI/c1-2-14-12(13)16-7-5-15(6-8-16)11(17)10-4-3-9-18-10;/h3-4,9H,2,5-8H2,1H3,(H2,13,14);1H. The Hall–Kier alpha value is -1.25. The van der Waals surface area contributed by atoms with Crippen molar-refractivity contribution in [1.82, 2.24) is 9.80 Å². The summed E-state index contributed by atoms with van der Waals surface area (Å²) in [5, 5.41) is 0. The number of carbonyl (C=O) groups is 1. The molecule has 0 saturated carbocycles. The van der Waals surface area contributed by atoms with Gasteiger partial charge >= 0.3 is 0 Å². The smallest absolute Gasteiger partial charge is 0.289 e. The van der Waals surface area contributed by atoms with E-state index < -0.39 is 0 Å². The molecular weight excluding hydrogens is 359 g/mol. The Kier molecular flexibility index (Phi) is 6.13. The number of hydrogen-bond acceptors (Lipinski definition) is 3. The highest BCUT2D eigenvalue weighted by Crippen LogP contribution is 2.09. The first-order valence-electron chi connectivity index (χ1n) is 6.10. The fourth-order valence-electron chi connectivity index (χ4n) is 1.96. The molecule has 7 heteroatoms. The summed E-state index contributed by atoms with van der Waals surface area (Å²) in [6.07, 6.45) is 1.51. The lowest BCUT2D eigenvalue weighted by molar-refractivity contribution is 0.0659. The summed E-state index contributed by atoms with van der Waals surface area (Å²) in [7, 11) is 0. The molecule has 1 amide bonds. The van der Waals surface area contributed by atoms with Crippen molar-refractivity contribution >= 4 is 35.8 Å². The zero-order chi connectivity index (χ0) is 13.0. The molecule has 6 nitrogen and oxygen atoms in total. The van der Waals surface area contributed by atoms with Crippen molar-refractivity contribution < 1.29 is 9.21 Å². The third-order valence-electron chi connectivity index (χ3n) is 2.94. The predicted molar refractivity (Wildman–Crippen MR) is 83.8 cm³/mol. The van der Waals surface area contributed by atoms with E-state index in [0.29, 0.717) is 44.4 Å². The third-order valence-corrected chi connectivity index (χ3v) is 2.94. The number of nitrogens with zero attached hydrogens (tertiary/aromatic N) is 3. The number of halogens is 1. The molecule has 106 valence electrons. The number of nitrogens with two attached hydrogens (primary N) is 1. The summed E-state index contributed by atoms with van der Waals surface area (Å²) in [4.78, 5) is 19.9. The van der Waals surface area contributed by atoms with E-state index in [4.69, 9.17) is 10.2 Å². The molecule has 0 bridgehead atoms. The zero-order valence-corrected chi connectivity index (χ0v) is 13.2. The van der Waals surface area contributed by atoms with Crippen LogP contribution in [0.4, 0.5) is 0 Å². The van der Waals surface area contributed by atoms with Crippen LogP contribution in [-0.4, -0.2) is 54.4 Å². The first-order chi connectivity index (χ1) is 8.72. The molecule has 0 unspecified atom stereocenters. The topological polar surface area (TPSA) is 75.1 Å². The number of furan rings is 1. The molecule has 1 aliphatic rings. The third kappa shape index (κ3) is 3.85. The van der Waals surface area contributed by atoms with Crippen LogP contribution in [0.15, 0.2) is 27.8 Å². The van der Waals surface area contributed by atoms with Crippen molar-refractivity contribution in [2.75, 3.05) is 32.7 Å². The predicted octanol–water partition coefficient (Wildman–Crippen LogP) is 0.990. The van der Waals surface area contributed by atoms with Crippen LogP contribution in [0.25, 0.3) is 0 Å². The average Bonchev–Trinajstić information content (AvgIpc) is 2.92. The van der Waals surface area contributed by atoms with Crippen molar-refractivity contribution in [3.05, 3.63) is 24.2 Å².